The Morgan fingerprint density at radius 2 is 1.39 bits per heavy atom. The van der Waals surface area contributed by atoms with Crippen LogP contribution in [-0.4, -0.2) is 26.0 Å². The van der Waals surface area contributed by atoms with Gasteiger partial charge in [-0.2, -0.15) is 13.2 Å². The van der Waals surface area contributed by atoms with E-state index >= 15 is 0 Å². The van der Waals surface area contributed by atoms with Crippen LogP contribution in [-0.2, 0) is 18.1 Å². The van der Waals surface area contributed by atoms with Crippen molar-refractivity contribution in [1.29, 1.82) is 0 Å². The van der Waals surface area contributed by atoms with Gasteiger partial charge in [-0.05, 0) is 12.8 Å². The minimum atomic E-state index is -4.55. The van der Waals surface area contributed by atoms with E-state index in [1.807, 2.05) is 0 Å². The first-order valence-electron chi connectivity index (χ1n) is 6.02. The van der Waals surface area contributed by atoms with Crippen LogP contribution in [0.2, 0.25) is 0 Å². The van der Waals surface area contributed by atoms with Crippen LogP contribution in [0.5, 0.6) is 0 Å². The number of alkyl halides is 3. The van der Waals surface area contributed by atoms with E-state index in [0.717, 1.165) is 25.7 Å². The van der Waals surface area contributed by atoms with Gasteiger partial charge in [-0.25, -0.2) is 4.57 Å². The second-order valence-corrected chi connectivity index (χ2v) is 5.79. The topological polar surface area (TPSA) is 44.8 Å². The molecule has 0 spiro atoms. The zero-order valence-electron chi connectivity index (χ0n) is 10.1. The highest BCUT2D eigenvalue weighted by Crippen LogP contribution is 2.50. The zero-order valence-corrected chi connectivity index (χ0v) is 11.0. The van der Waals surface area contributed by atoms with Crippen molar-refractivity contribution < 1.29 is 31.3 Å². The monoisotopic (exact) mass is 290 g/mol. The van der Waals surface area contributed by atoms with E-state index in [0.29, 0.717) is 12.8 Å². The van der Waals surface area contributed by atoms with Gasteiger partial charge in [0, 0.05) is 0 Å². The molecule has 8 heteroatoms. The fourth-order valence-electron chi connectivity index (χ4n) is 1.53. The SMILES string of the molecule is O=P1(OCC(F)(F)F)OCCCCCCCCO1. The summed E-state index contributed by atoms with van der Waals surface area (Å²) in [5, 5.41) is 0. The highest BCUT2D eigenvalue weighted by Gasteiger charge is 2.35. The molecule has 1 saturated heterocycles. The number of rotatable bonds is 2. The predicted octanol–water partition coefficient (Wildman–Crippen LogP) is 4.06. The Balaban J connectivity index is 2.48. The molecule has 4 nitrogen and oxygen atoms in total. The lowest BCUT2D eigenvalue weighted by atomic mass is 10.1. The van der Waals surface area contributed by atoms with E-state index in [1.165, 1.54) is 0 Å². The first-order valence-corrected chi connectivity index (χ1v) is 7.48. The molecule has 0 aromatic rings. The lowest BCUT2D eigenvalue weighted by molar-refractivity contribution is -0.158. The summed E-state index contributed by atoms with van der Waals surface area (Å²) in [5.41, 5.74) is 0. The van der Waals surface area contributed by atoms with Gasteiger partial charge < -0.3 is 0 Å². The highest BCUT2D eigenvalue weighted by atomic mass is 31.2. The van der Waals surface area contributed by atoms with Crippen molar-refractivity contribution in [2.24, 2.45) is 0 Å². The van der Waals surface area contributed by atoms with Gasteiger partial charge in [-0.15, -0.1) is 0 Å². The normalized spacial score (nSPS) is 23.3. The van der Waals surface area contributed by atoms with E-state index in [4.69, 9.17) is 9.05 Å². The van der Waals surface area contributed by atoms with Crippen LogP contribution in [0.1, 0.15) is 38.5 Å². The summed E-state index contributed by atoms with van der Waals surface area (Å²) in [6, 6.07) is 0. The van der Waals surface area contributed by atoms with Gasteiger partial charge in [0.1, 0.15) is 0 Å². The van der Waals surface area contributed by atoms with Gasteiger partial charge in [0.2, 0.25) is 0 Å². The van der Waals surface area contributed by atoms with Gasteiger partial charge in [0.15, 0.2) is 6.61 Å². The van der Waals surface area contributed by atoms with Crippen molar-refractivity contribution >= 4 is 7.82 Å². The molecule has 1 fully saturated rings. The third-order valence-electron chi connectivity index (χ3n) is 2.42. The Bertz CT molecular complexity index is 267. The summed E-state index contributed by atoms with van der Waals surface area (Å²) >= 11 is 0. The summed E-state index contributed by atoms with van der Waals surface area (Å²) in [4.78, 5) is 0. The molecule has 0 bridgehead atoms. The standard InChI is InChI=1S/C10H18F3O4P/c11-10(12,13)9-17-18(14)15-7-5-3-1-2-4-6-8-16-18/h1-9H2. The second-order valence-electron chi connectivity index (χ2n) is 4.12. The largest absolute Gasteiger partial charge is 0.475 e. The van der Waals surface area contributed by atoms with Gasteiger partial charge >= 0.3 is 14.0 Å². The third-order valence-corrected chi connectivity index (χ3v) is 3.87. The Morgan fingerprint density at radius 1 is 0.944 bits per heavy atom. The number of hydrogen-bond acceptors (Lipinski definition) is 4. The molecule has 1 rings (SSSR count). The molecule has 0 N–H and O–H groups in total. The predicted molar refractivity (Wildman–Crippen MR) is 59.2 cm³/mol. The van der Waals surface area contributed by atoms with Gasteiger partial charge in [-0.3, -0.25) is 13.6 Å². The molecule has 0 aromatic carbocycles. The summed E-state index contributed by atoms with van der Waals surface area (Å²) < 4.78 is 61.9. The minimum absolute atomic E-state index is 0.0924. The molecular weight excluding hydrogens is 272 g/mol. The van der Waals surface area contributed by atoms with Crippen LogP contribution in [0, 0.1) is 0 Å². The van der Waals surface area contributed by atoms with Crippen LogP contribution in [0.15, 0.2) is 0 Å². The van der Waals surface area contributed by atoms with Gasteiger partial charge in [0.25, 0.3) is 0 Å². The molecule has 1 heterocycles. The second kappa shape index (κ2) is 7.48. The lowest BCUT2D eigenvalue weighted by Crippen LogP contribution is -2.17. The molecule has 18 heavy (non-hydrogen) atoms. The maximum Gasteiger partial charge on any atom is 0.475 e. The van der Waals surface area contributed by atoms with Crippen molar-refractivity contribution in [3.8, 4) is 0 Å². The van der Waals surface area contributed by atoms with E-state index in [1.54, 1.807) is 0 Å². The number of phosphoric acid groups is 1. The number of hydrogen-bond donors (Lipinski definition) is 0. The van der Waals surface area contributed by atoms with Crippen LogP contribution in [0.4, 0.5) is 13.2 Å². The van der Waals surface area contributed by atoms with Crippen LogP contribution in [0.25, 0.3) is 0 Å². The maximum atomic E-state index is 12.0. The van der Waals surface area contributed by atoms with E-state index in [2.05, 4.69) is 4.52 Å². The Labute approximate surface area is 104 Å². The minimum Gasteiger partial charge on any atom is -0.287 e. The van der Waals surface area contributed by atoms with E-state index < -0.39 is 20.6 Å². The summed E-state index contributed by atoms with van der Waals surface area (Å²) in [6.45, 7) is -1.44. The summed E-state index contributed by atoms with van der Waals surface area (Å²) in [6.07, 6.45) is 0.620. The van der Waals surface area contributed by atoms with Crippen molar-refractivity contribution in [2.45, 2.75) is 44.7 Å². The first kappa shape index (κ1) is 16.0. The lowest BCUT2D eigenvalue weighted by Gasteiger charge is -2.18. The highest BCUT2D eigenvalue weighted by molar-refractivity contribution is 7.48. The number of halogens is 3. The fraction of sp³-hybridized carbons (Fsp3) is 1.00. The quantitative estimate of drug-likeness (QED) is 0.719. The van der Waals surface area contributed by atoms with Crippen LogP contribution in [0.3, 0.4) is 0 Å². The molecule has 0 atom stereocenters. The third kappa shape index (κ3) is 7.36. The van der Waals surface area contributed by atoms with Crippen molar-refractivity contribution in [1.82, 2.24) is 0 Å². The average molecular weight is 290 g/mol. The molecule has 0 saturated carbocycles. The smallest absolute Gasteiger partial charge is 0.287 e. The zero-order chi connectivity index (χ0) is 13.5. The maximum absolute atomic E-state index is 12.0. The van der Waals surface area contributed by atoms with Crippen molar-refractivity contribution in [2.75, 3.05) is 19.8 Å². The van der Waals surface area contributed by atoms with Gasteiger partial charge in [-0.1, -0.05) is 25.7 Å². The first-order chi connectivity index (χ1) is 8.41. The Kier molecular flexibility index (Phi) is 6.63. The molecule has 1 aliphatic rings. The molecule has 0 amide bonds. The van der Waals surface area contributed by atoms with Crippen LogP contribution >= 0.6 is 7.82 Å². The molecule has 0 unspecified atom stereocenters. The van der Waals surface area contributed by atoms with E-state index in [-0.39, 0.29) is 13.2 Å². The van der Waals surface area contributed by atoms with Crippen molar-refractivity contribution in [3.63, 3.8) is 0 Å². The molecule has 108 valence electrons. The Morgan fingerprint density at radius 3 is 1.83 bits per heavy atom. The van der Waals surface area contributed by atoms with Crippen LogP contribution < -0.4 is 0 Å². The molecule has 1 aliphatic heterocycles. The van der Waals surface area contributed by atoms with Crippen molar-refractivity contribution in [3.05, 3.63) is 0 Å². The van der Waals surface area contributed by atoms with Gasteiger partial charge in [0.05, 0.1) is 13.2 Å². The molecular formula is C10H18F3O4P. The number of phosphoric ester groups is 1. The summed E-state index contributed by atoms with van der Waals surface area (Å²) in [5.74, 6) is 0. The molecule has 0 aromatic heterocycles. The fourth-order valence-corrected chi connectivity index (χ4v) is 2.76. The molecule has 0 radical (unpaired) electrons. The van der Waals surface area contributed by atoms with E-state index in [9.17, 15) is 17.7 Å². The molecule has 0 aliphatic carbocycles. The summed E-state index contributed by atoms with van der Waals surface area (Å²) in [7, 11) is -4.07. The average Bonchev–Trinajstić information content (AvgIpc) is 2.32. The Hall–Kier alpha value is -0.100.